The predicted octanol–water partition coefficient (Wildman–Crippen LogP) is 1.90. The van der Waals surface area contributed by atoms with Crippen LogP contribution >= 0.6 is 12.4 Å². The molecule has 1 heterocycles. The minimum absolute atomic E-state index is 0. The largest absolute Gasteiger partial charge is 0.482 e. The van der Waals surface area contributed by atoms with E-state index in [0.29, 0.717) is 17.1 Å². The van der Waals surface area contributed by atoms with Crippen molar-refractivity contribution in [2.24, 2.45) is 11.7 Å². The lowest BCUT2D eigenvalue weighted by Gasteiger charge is -2.26. The summed E-state index contributed by atoms with van der Waals surface area (Å²) in [5, 5.41) is 5.62. The number of hydrogen-bond donors (Lipinski definition) is 3. The summed E-state index contributed by atoms with van der Waals surface area (Å²) < 4.78 is 5.34. The molecule has 0 bridgehead atoms. The normalized spacial score (nSPS) is 23.4. The summed E-state index contributed by atoms with van der Waals surface area (Å²) in [5.74, 6) is 0.388. The van der Waals surface area contributed by atoms with E-state index >= 15 is 0 Å². The standard InChI is InChI=1S/C15H19N3O3.ClH/c16-10-3-1-2-9(6-10)15(20)17-11-4-5-12-13(7-11)21-8-14(19)18-12;/h4-5,7,9-10H,1-3,6,8,16H2,(H,17,20)(H,18,19);1H. The van der Waals surface area contributed by atoms with Crippen LogP contribution in [-0.2, 0) is 9.59 Å². The number of ether oxygens (including phenoxy) is 1. The Bertz CT molecular complexity index is 579. The maximum absolute atomic E-state index is 12.3. The summed E-state index contributed by atoms with van der Waals surface area (Å²) >= 11 is 0. The molecule has 2 atom stereocenters. The first-order valence-corrected chi connectivity index (χ1v) is 7.25. The molecule has 0 spiro atoms. The Hall–Kier alpha value is -1.79. The van der Waals surface area contributed by atoms with Crippen LogP contribution in [0, 0.1) is 5.92 Å². The summed E-state index contributed by atoms with van der Waals surface area (Å²) in [6, 6.07) is 5.34. The number of carbonyl (C=O) groups is 2. The molecule has 2 amide bonds. The molecule has 3 rings (SSSR count). The van der Waals surface area contributed by atoms with Gasteiger partial charge in [0.25, 0.3) is 5.91 Å². The van der Waals surface area contributed by atoms with E-state index in [4.69, 9.17) is 10.5 Å². The van der Waals surface area contributed by atoms with Gasteiger partial charge in [-0.1, -0.05) is 6.42 Å². The Morgan fingerprint density at radius 3 is 2.95 bits per heavy atom. The zero-order chi connectivity index (χ0) is 14.8. The molecule has 4 N–H and O–H groups in total. The first-order chi connectivity index (χ1) is 10.1. The van der Waals surface area contributed by atoms with Gasteiger partial charge in [-0.25, -0.2) is 0 Å². The molecule has 120 valence electrons. The fourth-order valence-electron chi connectivity index (χ4n) is 2.86. The fraction of sp³-hybridized carbons (Fsp3) is 0.467. The van der Waals surface area contributed by atoms with Crippen molar-refractivity contribution in [1.82, 2.24) is 0 Å². The molecule has 1 fully saturated rings. The SMILES string of the molecule is Cl.NC1CCCC(C(=O)Nc2ccc3c(c2)OCC(=O)N3)C1. The lowest BCUT2D eigenvalue weighted by atomic mass is 9.85. The zero-order valence-electron chi connectivity index (χ0n) is 12.1. The molecular formula is C15H20ClN3O3. The second-order valence-electron chi connectivity index (χ2n) is 5.66. The van der Waals surface area contributed by atoms with Crippen LogP contribution in [0.25, 0.3) is 0 Å². The second-order valence-corrected chi connectivity index (χ2v) is 5.66. The number of fused-ring (bicyclic) bond motifs is 1. The number of nitrogens with two attached hydrogens (primary N) is 1. The average Bonchev–Trinajstić information content (AvgIpc) is 2.47. The molecule has 6 nitrogen and oxygen atoms in total. The number of amides is 2. The number of carbonyl (C=O) groups excluding carboxylic acids is 2. The van der Waals surface area contributed by atoms with Crippen LogP contribution in [0.4, 0.5) is 11.4 Å². The minimum Gasteiger partial charge on any atom is -0.482 e. The number of nitrogens with one attached hydrogen (secondary N) is 2. The van der Waals surface area contributed by atoms with E-state index in [1.54, 1.807) is 18.2 Å². The summed E-state index contributed by atoms with van der Waals surface area (Å²) in [6.45, 7) is 0.00186. The van der Waals surface area contributed by atoms with Gasteiger partial charge in [0, 0.05) is 23.7 Å². The van der Waals surface area contributed by atoms with Crippen LogP contribution in [0.3, 0.4) is 0 Å². The fourth-order valence-corrected chi connectivity index (χ4v) is 2.86. The van der Waals surface area contributed by atoms with E-state index in [1.807, 2.05) is 0 Å². The van der Waals surface area contributed by atoms with E-state index in [2.05, 4.69) is 10.6 Å². The van der Waals surface area contributed by atoms with Crippen molar-refractivity contribution in [3.63, 3.8) is 0 Å². The van der Waals surface area contributed by atoms with E-state index in [1.165, 1.54) is 0 Å². The summed E-state index contributed by atoms with van der Waals surface area (Å²) in [6.07, 6.45) is 3.62. The molecule has 1 aromatic carbocycles. The highest BCUT2D eigenvalue weighted by molar-refractivity contribution is 5.97. The molecule has 1 aliphatic carbocycles. The zero-order valence-corrected chi connectivity index (χ0v) is 12.9. The van der Waals surface area contributed by atoms with Crippen molar-refractivity contribution in [1.29, 1.82) is 0 Å². The van der Waals surface area contributed by atoms with Crippen LogP contribution < -0.4 is 21.1 Å². The van der Waals surface area contributed by atoms with Crippen molar-refractivity contribution in [3.05, 3.63) is 18.2 Å². The molecule has 0 saturated heterocycles. The first kappa shape index (κ1) is 16.6. The number of benzene rings is 1. The molecule has 1 aromatic rings. The quantitative estimate of drug-likeness (QED) is 0.774. The van der Waals surface area contributed by atoms with Crippen molar-refractivity contribution in [2.45, 2.75) is 31.7 Å². The third-order valence-electron chi connectivity index (χ3n) is 3.97. The van der Waals surface area contributed by atoms with Crippen LogP contribution in [0.15, 0.2) is 18.2 Å². The van der Waals surface area contributed by atoms with E-state index in [9.17, 15) is 9.59 Å². The first-order valence-electron chi connectivity index (χ1n) is 7.25. The van der Waals surface area contributed by atoms with Gasteiger partial charge in [-0.2, -0.15) is 0 Å². The predicted molar refractivity (Wildman–Crippen MR) is 86.4 cm³/mol. The summed E-state index contributed by atoms with van der Waals surface area (Å²) in [5.41, 5.74) is 7.22. The van der Waals surface area contributed by atoms with Gasteiger partial charge in [-0.05, 0) is 31.4 Å². The van der Waals surface area contributed by atoms with E-state index in [-0.39, 0.29) is 42.8 Å². The maximum atomic E-state index is 12.3. The van der Waals surface area contributed by atoms with Crippen LogP contribution in [0.2, 0.25) is 0 Å². The van der Waals surface area contributed by atoms with Crippen LogP contribution in [0.5, 0.6) is 5.75 Å². The molecule has 1 saturated carbocycles. The molecule has 1 aliphatic heterocycles. The number of rotatable bonds is 2. The third kappa shape index (κ3) is 3.69. The monoisotopic (exact) mass is 325 g/mol. The van der Waals surface area contributed by atoms with Crippen LogP contribution in [0.1, 0.15) is 25.7 Å². The third-order valence-corrected chi connectivity index (χ3v) is 3.97. The summed E-state index contributed by atoms with van der Waals surface area (Å²) in [4.78, 5) is 23.5. The Balaban J connectivity index is 0.00000176. The van der Waals surface area contributed by atoms with Gasteiger partial charge in [0.2, 0.25) is 5.91 Å². The average molecular weight is 326 g/mol. The highest BCUT2D eigenvalue weighted by Crippen LogP contribution is 2.31. The van der Waals surface area contributed by atoms with Gasteiger partial charge in [-0.15, -0.1) is 12.4 Å². The van der Waals surface area contributed by atoms with Crippen molar-refractivity contribution in [2.75, 3.05) is 17.2 Å². The Labute approximate surface area is 135 Å². The van der Waals surface area contributed by atoms with Gasteiger partial charge >= 0.3 is 0 Å². The molecule has 0 aromatic heterocycles. The lowest BCUT2D eigenvalue weighted by Crippen LogP contribution is -2.34. The molecule has 2 aliphatic rings. The van der Waals surface area contributed by atoms with E-state index in [0.717, 1.165) is 25.7 Å². The molecular weight excluding hydrogens is 306 g/mol. The summed E-state index contributed by atoms with van der Waals surface area (Å²) in [7, 11) is 0. The lowest BCUT2D eigenvalue weighted by molar-refractivity contribution is -0.121. The molecule has 7 heteroatoms. The Kier molecular flexibility index (Phi) is 5.26. The number of hydrogen-bond acceptors (Lipinski definition) is 4. The van der Waals surface area contributed by atoms with Gasteiger partial charge < -0.3 is 21.1 Å². The van der Waals surface area contributed by atoms with Crippen LogP contribution in [-0.4, -0.2) is 24.5 Å². The highest BCUT2D eigenvalue weighted by atomic mass is 35.5. The topological polar surface area (TPSA) is 93.5 Å². The number of anilines is 2. The minimum atomic E-state index is -0.171. The van der Waals surface area contributed by atoms with E-state index < -0.39 is 0 Å². The highest BCUT2D eigenvalue weighted by Gasteiger charge is 2.25. The van der Waals surface area contributed by atoms with Crippen molar-refractivity contribution >= 4 is 35.6 Å². The molecule has 2 unspecified atom stereocenters. The van der Waals surface area contributed by atoms with Gasteiger partial charge in [0.05, 0.1) is 5.69 Å². The molecule has 22 heavy (non-hydrogen) atoms. The second kappa shape index (κ2) is 6.98. The molecule has 0 radical (unpaired) electrons. The number of halogens is 1. The van der Waals surface area contributed by atoms with Gasteiger partial charge in [-0.3, -0.25) is 9.59 Å². The van der Waals surface area contributed by atoms with Crippen molar-refractivity contribution in [3.8, 4) is 5.75 Å². The smallest absolute Gasteiger partial charge is 0.262 e. The van der Waals surface area contributed by atoms with Crippen molar-refractivity contribution < 1.29 is 14.3 Å². The Morgan fingerprint density at radius 1 is 1.36 bits per heavy atom. The maximum Gasteiger partial charge on any atom is 0.262 e. The van der Waals surface area contributed by atoms with Gasteiger partial charge in [0.15, 0.2) is 6.61 Å². The van der Waals surface area contributed by atoms with Gasteiger partial charge in [0.1, 0.15) is 5.75 Å². The Morgan fingerprint density at radius 2 is 2.18 bits per heavy atom.